The molecule has 0 unspecified atom stereocenters. The van der Waals surface area contributed by atoms with Crippen molar-refractivity contribution in [2.24, 2.45) is 0 Å². The van der Waals surface area contributed by atoms with Gasteiger partial charge in [-0.15, -0.1) is 0 Å². The highest BCUT2D eigenvalue weighted by molar-refractivity contribution is 6.31. The number of hydrogen-bond acceptors (Lipinski definition) is 3. The van der Waals surface area contributed by atoms with Gasteiger partial charge >= 0.3 is 0 Å². The summed E-state index contributed by atoms with van der Waals surface area (Å²) in [6.07, 6.45) is 0. The Balaban J connectivity index is 2.00. The first kappa shape index (κ1) is 17.8. The van der Waals surface area contributed by atoms with Crippen molar-refractivity contribution in [1.82, 2.24) is 4.90 Å². The Morgan fingerprint density at radius 1 is 1.12 bits per heavy atom. The van der Waals surface area contributed by atoms with Crippen LogP contribution < -0.4 is 10.1 Å². The van der Waals surface area contributed by atoms with Crippen molar-refractivity contribution in [2.75, 3.05) is 19.0 Å². The zero-order valence-corrected chi connectivity index (χ0v) is 14.3. The van der Waals surface area contributed by atoms with E-state index in [0.717, 1.165) is 5.56 Å². The van der Waals surface area contributed by atoms with Crippen LogP contribution in [0.15, 0.2) is 48.5 Å². The van der Waals surface area contributed by atoms with Crippen LogP contribution in [0.25, 0.3) is 0 Å². The quantitative estimate of drug-likeness (QED) is 0.872. The Bertz CT molecular complexity index is 716. The molecule has 2 amide bonds. The van der Waals surface area contributed by atoms with Gasteiger partial charge in [-0.05, 0) is 35.9 Å². The summed E-state index contributed by atoms with van der Waals surface area (Å²) >= 11 is 6.12. The molecule has 0 aliphatic heterocycles. The number of amides is 2. The molecule has 0 saturated heterocycles. The minimum absolute atomic E-state index is 0.0490. The molecular weight excluding hydrogens is 328 g/mol. The van der Waals surface area contributed by atoms with E-state index in [1.54, 1.807) is 37.4 Å². The van der Waals surface area contributed by atoms with Gasteiger partial charge in [0.1, 0.15) is 12.3 Å². The highest BCUT2D eigenvalue weighted by Gasteiger charge is 2.15. The van der Waals surface area contributed by atoms with E-state index in [4.69, 9.17) is 16.3 Å². The lowest BCUT2D eigenvalue weighted by molar-refractivity contribution is -0.133. The van der Waals surface area contributed by atoms with E-state index in [0.29, 0.717) is 16.5 Å². The summed E-state index contributed by atoms with van der Waals surface area (Å²) in [6, 6.07) is 14.2. The molecule has 0 spiro atoms. The summed E-state index contributed by atoms with van der Waals surface area (Å²) in [6.45, 7) is 1.66. The van der Waals surface area contributed by atoms with Gasteiger partial charge in [0, 0.05) is 24.2 Å². The number of carbonyl (C=O) groups excluding carboxylic acids is 2. The molecule has 0 saturated carbocycles. The van der Waals surface area contributed by atoms with Gasteiger partial charge in [0.2, 0.25) is 11.8 Å². The molecular formula is C18H19ClN2O3. The molecule has 6 heteroatoms. The van der Waals surface area contributed by atoms with E-state index in [1.165, 1.54) is 11.8 Å². The van der Waals surface area contributed by atoms with E-state index in [1.807, 2.05) is 18.2 Å². The second-order valence-electron chi connectivity index (χ2n) is 5.24. The van der Waals surface area contributed by atoms with E-state index in [9.17, 15) is 9.59 Å². The number of ether oxygens (including phenoxy) is 1. The van der Waals surface area contributed by atoms with Crippen LogP contribution >= 0.6 is 11.6 Å². The van der Waals surface area contributed by atoms with Crippen molar-refractivity contribution >= 4 is 29.1 Å². The number of methoxy groups -OCH3 is 1. The predicted octanol–water partition coefficient (Wildman–Crippen LogP) is 3.34. The highest BCUT2D eigenvalue weighted by atomic mass is 35.5. The minimum atomic E-state index is -0.276. The van der Waals surface area contributed by atoms with Gasteiger partial charge < -0.3 is 15.0 Å². The number of nitrogens with zero attached hydrogens (tertiary/aromatic N) is 1. The number of rotatable bonds is 6. The van der Waals surface area contributed by atoms with Crippen LogP contribution in [0.1, 0.15) is 12.5 Å². The van der Waals surface area contributed by atoms with Gasteiger partial charge in [-0.25, -0.2) is 0 Å². The molecule has 0 radical (unpaired) electrons. The van der Waals surface area contributed by atoms with Crippen molar-refractivity contribution in [1.29, 1.82) is 0 Å². The number of hydrogen-bond donors (Lipinski definition) is 1. The predicted molar refractivity (Wildman–Crippen MR) is 94.2 cm³/mol. The first-order valence-corrected chi connectivity index (χ1v) is 7.80. The van der Waals surface area contributed by atoms with Crippen LogP contribution in [0.2, 0.25) is 5.02 Å². The molecule has 2 aromatic rings. The van der Waals surface area contributed by atoms with Crippen LogP contribution in [0.5, 0.6) is 5.75 Å². The minimum Gasteiger partial charge on any atom is -0.497 e. The Hall–Kier alpha value is -2.53. The third kappa shape index (κ3) is 4.99. The Morgan fingerprint density at radius 2 is 1.79 bits per heavy atom. The fourth-order valence-corrected chi connectivity index (χ4v) is 2.35. The molecule has 0 aliphatic rings. The van der Waals surface area contributed by atoms with Crippen molar-refractivity contribution in [3.63, 3.8) is 0 Å². The highest BCUT2D eigenvalue weighted by Crippen LogP contribution is 2.18. The average molecular weight is 347 g/mol. The smallest absolute Gasteiger partial charge is 0.244 e. The van der Waals surface area contributed by atoms with Crippen molar-refractivity contribution in [3.05, 3.63) is 59.1 Å². The number of benzene rings is 2. The van der Waals surface area contributed by atoms with Gasteiger partial charge in [0.05, 0.1) is 7.11 Å². The van der Waals surface area contributed by atoms with Crippen LogP contribution in [0.3, 0.4) is 0 Å². The number of halogens is 1. The maximum atomic E-state index is 12.2. The van der Waals surface area contributed by atoms with Gasteiger partial charge in [-0.1, -0.05) is 29.8 Å². The fraction of sp³-hybridized carbons (Fsp3) is 0.222. The van der Waals surface area contributed by atoms with Crippen molar-refractivity contribution in [3.8, 4) is 5.75 Å². The lowest BCUT2D eigenvalue weighted by atomic mass is 10.2. The molecule has 0 heterocycles. The third-order valence-electron chi connectivity index (χ3n) is 3.47. The van der Waals surface area contributed by atoms with Crippen LogP contribution in [0, 0.1) is 0 Å². The number of nitrogens with one attached hydrogen (secondary N) is 1. The van der Waals surface area contributed by atoms with Gasteiger partial charge in [-0.3, -0.25) is 9.59 Å². The molecule has 0 bridgehead atoms. The molecule has 1 N–H and O–H groups in total. The second kappa shape index (κ2) is 8.36. The van der Waals surface area contributed by atoms with E-state index in [2.05, 4.69) is 5.32 Å². The molecule has 0 aromatic heterocycles. The SMILES string of the molecule is COc1ccc(NC(=O)CN(Cc2ccccc2Cl)C(C)=O)cc1. The van der Waals surface area contributed by atoms with Gasteiger partial charge in [-0.2, -0.15) is 0 Å². The monoisotopic (exact) mass is 346 g/mol. The van der Waals surface area contributed by atoms with Crippen LogP contribution in [0.4, 0.5) is 5.69 Å². The van der Waals surface area contributed by atoms with Crippen LogP contribution in [-0.4, -0.2) is 30.4 Å². The molecule has 2 aromatic carbocycles. The van der Waals surface area contributed by atoms with E-state index in [-0.39, 0.29) is 24.9 Å². The normalized spacial score (nSPS) is 10.1. The number of anilines is 1. The Kier molecular flexibility index (Phi) is 6.21. The summed E-state index contributed by atoms with van der Waals surface area (Å²) in [5.41, 5.74) is 1.44. The molecule has 0 fully saturated rings. The average Bonchev–Trinajstić information content (AvgIpc) is 2.56. The molecule has 0 aliphatic carbocycles. The third-order valence-corrected chi connectivity index (χ3v) is 3.84. The number of carbonyl (C=O) groups is 2. The summed E-state index contributed by atoms with van der Waals surface area (Å²) in [4.78, 5) is 25.4. The first-order valence-electron chi connectivity index (χ1n) is 7.42. The summed E-state index contributed by atoms with van der Waals surface area (Å²) in [5.74, 6) is 0.235. The van der Waals surface area contributed by atoms with E-state index >= 15 is 0 Å². The van der Waals surface area contributed by atoms with Gasteiger partial charge in [0.15, 0.2) is 0 Å². The van der Waals surface area contributed by atoms with Crippen molar-refractivity contribution in [2.45, 2.75) is 13.5 Å². The molecule has 0 atom stereocenters. The zero-order valence-electron chi connectivity index (χ0n) is 13.6. The first-order chi connectivity index (χ1) is 11.5. The summed E-state index contributed by atoms with van der Waals surface area (Å²) in [7, 11) is 1.58. The Labute approximate surface area is 146 Å². The fourth-order valence-electron chi connectivity index (χ4n) is 2.16. The molecule has 24 heavy (non-hydrogen) atoms. The molecule has 5 nitrogen and oxygen atoms in total. The van der Waals surface area contributed by atoms with Crippen LogP contribution in [-0.2, 0) is 16.1 Å². The van der Waals surface area contributed by atoms with Crippen molar-refractivity contribution < 1.29 is 14.3 Å². The lowest BCUT2D eigenvalue weighted by Gasteiger charge is -2.21. The standard InChI is InChI=1S/C18H19ClN2O3/c1-13(22)21(11-14-5-3-4-6-17(14)19)12-18(23)20-15-7-9-16(24-2)10-8-15/h3-10H,11-12H2,1-2H3,(H,20,23). The zero-order chi connectivity index (χ0) is 17.5. The maximum absolute atomic E-state index is 12.2. The lowest BCUT2D eigenvalue weighted by Crippen LogP contribution is -2.36. The Morgan fingerprint density at radius 3 is 2.38 bits per heavy atom. The summed E-state index contributed by atoms with van der Waals surface area (Å²) < 4.78 is 5.07. The molecule has 126 valence electrons. The van der Waals surface area contributed by atoms with E-state index < -0.39 is 0 Å². The largest absolute Gasteiger partial charge is 0.497 e. The van der Waals surface area contributed by atoms with Gasteiger partial charge in [0.25, 0.3) is 0 Å². The molecule has 2 rings (SSSR count). The summed E-state index contributed by atoms with van der Waals surface area (Å²) in [5, 5.41) is 3.33. The topological polar surface area (TPSA) is 58.6 Å². The second-order valence-corrected chi connectivity index (χ2v) is 5.65. The maximum Gasteiger partial charge on any atom is 0.244 e.